The minimum atomic E-state index is 0.178. The first kappa shape index (κ1) is 10.5. The van der Waals surface area contributed by atoms with Gasteiger partial charge in [0.2, 0.25) is 0 Å². The van der Waals surface area contributed by atoms with E-state index in [9.17, 15) is 0 Å². The quantitative estimate of drug-likeness (QED) is 0.807. The smallest absolute Gasteiger partial charge is 0.141 e. The fourth-order valence-corrected chi connectivity index (χ4v) is 1.71. The van der Waals surface area contributed by atoms with Crippen LogP contribution in [0.25, 0.3) is 0 Å². The van der Waals surface area contributed by atoms with Crippen LogP contribution >= 0.6 is 0 Å². The van der Waals surface area contributed by atoms with Crippen LogP contribution in [-0.2, 0) is 11.3 Å². The van der Waals surface area contributed by atoms with Crippen LogP contribution in [0.5, 0.6) is 0 Å². The summed E-state index contributed by atoms with van der Waals surface area (Å²) in [5.74, 6) is 0.852. The summed E-state index contributed by atoms with van der Waals surface area (Å²) in [5, 5.41) is 3.51. The molecule has 0 aliphatic carbocycles. The molecule has 0 atom stereocenters. The van der Waals surface area contributed by atoms with Crippen molar-refractivity contribution in [3.63, 3.8) is 0 Å². The van der Waals surface area contributed by atoms with Gasteiger partial charge in [0.15, 0.2) is 0 Å². The van der Waals surface area contributed by atoms with E-state index in [-0.39, 0.29) is 5.54 Å². The third kappa shape index (κ3) is 2.97. The van der Waals surface area contributed by atoms with Crippen molar-refractivity contribution < 1.29 is 4.74 Å². The summed E-state index contributed by atoms with van der Waals surface area (Å²) in [7, 11) is 0. The number of rotatable bonds is 3. The SMILES string of the molecule is CC1(NCc2ncccn2)CCOCC1. The summed E-state index contributed by atoms with van der Waals surface area (Å²) in [5.41, 5.74) is 0.178. The number of nitrogens with one attached hydrogen (secondary N) is 1. The second-order valence-electron chi connectivity index (χ2n) is 4.19. The summed E-state index contributed by atoms with van der Waals surface area (Å²) >= 11 is 0. The predicted molar refractivity (Wildman–Crippen MR) is 57.3 cm³/mol. The first-order valence-corrected chi connectivity index (χ1v) is 5.37. The van der Waals surface area contributed by atoms with Crippen molar-refractivity contribution in [1.82, 2.24) is 15.3 Å². The number of nitrogens with zero attached hydrogens (tertiary/aromatic N) is 2. The zero-order valence-corrected chi connectivity index (χ0v) is 9.07. The van der Waals surface area contributed by atoms with Gasteiger partial charge in [0.05, 0.1) is 6.54 Å². The summed E-state index contributed by atoms with van der Waals surface area (Å²) in [6.07, 6.45) is 5.66. The second-order valence-corrected chi connectivity index (χ2v) is 4.19. The van der Waals surface area contributed by atoms with Crippen molar-refractivity contribution in [3.05, 3.63) is 24.3 Å². The van der Waals surface area contributed by atoms with E-state index >= 15 is 0 Å². The van der Waals surface area contributed by atoms with Gasteiger partial charge in [-0.05, 0) is 25.8 Å². The number of hydrogen-bond acceptors (Lipinski definition) is 4. The molecule has 0 radical (unpaired) electrons. The fraction of sp³-hybridized carbons (Fsp3) is 0.636. The Morgan fingerprint density at radius 3 is 2.67 bits per heavy atom. The van der Waals surface area contributed by atoms with Gasteiger partial charge in [0.1, 0.15) is 5.82 Å². The van der Waals surface area contributed by atoms with Crippen LogP contribution in [-0.4, -0.2) is 28.7 Å². The molecule has 1 aliphatic rings. The monoisotopic (exact) mass is 207 g/mol. The van der Waals surface area contributed by atoms with Crippen molar-refractivity contribution in [1.29, 1.82) is 0 Å². The van der Waals surface area contributed by atoms with Crippen LogP contribution in [0.15, 0.2) is 18.5 Å². The van der Waals surface area contributed by atoms with Crippen LogP contribution in [0.3, 0.4) is 0 Å². The van der Waals surface area contributed by atoms with Crippen molar-refractivity contribution in [2.24, 2.45) is 0 Å². The molecule has 0 saturated carbocycles. The number of hydrogen-bond donors (Lipinski definition) is 1. The minimum absolute atomic E-state index is 0.178. The molecule has 4 nitrogen and oxygen atoms in total. The van der Waals surface area contributed by atoms with Crippen molar-refractivity contribution >= 4 is 0 Å². The van der Waals surface area contributed by atoms with Crippen molar-refractivity contribution in [2.45, 2.75) is 31.8 Å². The van der Waals surface area contributed by atoms with E-state index in [4.69, 9.17) is 4.74 Å². The normalized spacial score (nSPS) is 20.1. The molecule has 2 rings (SSSR count). The van der Waals surface area contributed by atoms with Gasteiger partial charge in [-0.3, -0.25) is 0 Å². The highest BCUT2D eigenvalue weighted by Crippen LogP contribution is 2.19. The molecule has 1 aliphatic heterocycles. The third-order valence-electron chi connectivity index (χ3n) is 2.89. The molecule has 1 saturated heterocycles. The van der Waals surface area contributed by atoms with Crippen LogP contribution in [0, 0.1) is 0 Å². The lowest BCUT2D eigenvalue weighted by atomic mass is 9.92. The molecule has 15 heavy (non-hydrogen) atoms. The Hall–Kier alpha value is -1.00. The zero-order chi connectivity index (χ0) is 10.6. The van der Waals surface area contributed by atoms with Crippen molar-refractivity contribution in [3.8, 4) is 0 Å². The molecule has 0 unspecified atom stereocenters. The first-order chi connectivity index (χ1) is 7.29. The molecule has 1 fully saturated rings. The molecule has 0 spiro atoms. The average Bonchev–Trinajstić information content (AvgIpc) is 2.29. The Bertz CT molecular complexity index is 296. The summed E-state index contributed by atoms with van der Waals surface area (Å²) in [6.45, 7) is 4.66. The van der Waals surface area contributed by atoms with E-state index in [1.807, 2.05) is 6.07 Å². The average molecular weight is 207 g/mol. The summed E-state index contributed by atoms with van der Waals surface area (Å²) in [4.78, 5) is 8.38. The van der Waals surface area contributed by atoms with Crippen LogP contribution < -0.4 is 5.32 Å². The van der Waals surface area contributed by atoms with Gasteiger partial charge in [-0.25, -0.2) is 9.97 Å². The lowest BCUT2D eigenvalue weighted by Crippen LogP contribution is -2.46. The number of ether oxygens (including phenoxy) is 1. The highest BCUT2D eigenvalue weighted by Gasteiger charge is 2.26. The van der Waals surface area contributed by atoms with Gasteiger partial charge in [0.25, 0.3) is 0 Å². The topological polar surface area (TPSA) is 47.0 Å². The maximum atomic E-state index is 5.35. The first-order valence-electron chi connectivity index (χ1n) is 5.37. The molecule has 0 bridgehead atoms. The van der Waals surface area contributed by atoms with Crippen LogP contribution in [0.2, 0.25) is 0 Å². The standard InChI is InChI=1S/C11H17N3O/c1-11(3-7-15-8-4-11)14-9-10-12-5-2-6-13-10/h2,5-6,14H,3-4,7-9H2,1H3. The van der Waals surface area contributed by atoms with E-state index in [2.05, 4.69) is 22.2 Å². The Labute approximate surface area is 90.1 Å². The van der Waals surface area contributed by atoms with E-state index in [0.717, 1.165) is 38.4 Å². The van der Waals surface area contributed by atoms with Gasteiger partial charge < -0.3 is 10.1 Å². The Morgan fingerprint density at radius 2 is 2.00 bits per heavy atom. The lowest BCUT2D eigenvalue weighted by molar-refractivity contribution is 0.0443. The molecule has 1 aromatic rings. The Morgan fingerprint density at radius 1 is 1.33 bits per heavy atom. The highest BCUT2D eigenvalue weighted by atomic mass is 16.5. The molecule has 82 valence electrons. The molecule has 1 N–H and O–H groups in total. The molecule has 2 heterocycles. The lowest BCUT2D eigenvalue weighted by Gasteiger charge is -2.34. The summed E-state index contributed by atoms with van der Waals surface area (Å²) in [6, 6.07) is 1.83. The minimum Gasteiger partial charge on any atom is -0.381 e. The van der Waals surface area contributed by atoms with Crippen LogP contribution in [0.4, 0.5) is 0 Å². The zero-order valence-electron chi connectivity index (χ0n) is 9.07. The third-order valence-corrected chi connectivity index (χ3v) is 2.89. The van der Waals surface area contributed by atoms with Gasteiger partial charge in [-0.15, -0.1) is 0 Å². The van der Waals surface area contributed by atoms with Gasteiger partial charge in [-0.1, -0.05) is 0 Å². The number of aromatic nitrogens is 2. The van der Waals surface area contributed by atoms with Gasteiger partial charge in [0, 0.05) is 31.1 Å². The molecule has 4 heteroatoms. The second kappa shape index (κ2) is 4.68. The fourth-order valence-electron chi connectivity index (χ4n) is 1.71. The molecule has 0 aromatic carbocycles. The maximum absolute atomic E-state index is 5.35. The molecule has 0 amide bonds. The largest absolute Gasteiger partial charge is 0.381 e. The molecular weight excluding hydrogens is 190 g/mol. The predicted octanol–water partition coefficient (Wildman–Crippen LogP) is 1.14. The van der Waals surface area contributed by atoms with E-state index in [1.54, 1.807) is 12.4 Å². The van der Waals surface area contributed by atoms with E-state index in [1.165, 1.54) is 0 Å². The molecular formula is C11H17N3O. The highest BCUT2D eigenvalue weighted by molar-refractivity contribution is 4.92. The van der Waals surface area contributed by atoms with Crippen LogP contribution in [0.1, 0.15) is 25.6 Å². The van der Waals surface area contributed by atoms with E-state index < -0.39 is 0 Å². The Balaban J connectivity index is 1.87. The molecule has 1 aromatic heterocycles. The van der Waals surface area contributed by atoms with Crippen molar-refractivity contribution in [2.75, 3.05) is 13.2 Å². The summed E-state index contributed by atoms with van der Waals surface area (Å²) < 4.78 is 5.35. The maximum Gasteiger partial charge on any atom is 0.141 e. The Kier molecular flexibility index (Phi) is 3.28. The van der Waals surface area contributed by atoms with Gasteiger partial charge >= 0.3 is 0 Å². The van der Waals surface area contributed by atoms with E-state index in [0.29, 0.717) is 0 Å². The van der Waals surface area contributed by atoms with Gasteiger partial charge in [-0.2, -0.15) is 0 Å².